The molecule has 0 radical (unpaired) electrons. The molecule has 88 valence electrons. The second-order valence-electron chi connectivity index (χ2n) is 3.15. The summed E-state index contributed by atoms with van der Waals surface area (Å²) in [5, 5.41) is 5.26. The van der Waals surface area contributed by atoms with Crippen LogP contribution >= 0.6 is 50.5 Å². The molecule has 0 fully saturated rings. The lowest BCUT2D eigenvalue weighted by atomic mass is 10.3. The number of benzene rings is 1. The quantitative estimate of drug-likeness (QED) is 0.752. The van der Waals surface area contributed by atoms with Crippen molar-refractivity contribution in [2.24, 2.45) is 0 Å². The number of hydrogen-bond donors (Lipinski definition) is 1. The molecule has 0 saturated carbocycles. The summed E-state index contributed by atoms with van der Waals surface area (Å²) in [6.45, 7) is 0. The molecule has 1 aromatic carbocycles. The first kappa shape index (κ1) is 12.9. The minimum absolute atomic E-state index is 0.194. The molecule has 0 saturated heterocycles. The Hall–Kier alpha value is -0.550. The molecule has 2 aromatic rings. The normalized spacial score (nSPS) is 10.3. The molecule has 0 unspecified atom stereocenters. The highest BCUT2D eigenvalue weighted by atomic mass is 79.9. The first-order chi connectivity index (χ1) is 8.09. The lowest BCUT2D eigenvalue weighted by Crippen LogP contribution is -2.10. The van der Waals surface area contributed by atoms with Gasteiger partial charge in [-0.1, -0.05) is 29.3 Å². The van der Waals surface area contributed by atoms with Crippen molar-refractivity contribution in [2.75, 3.05) is 5.32 Å². The van der Waals surface area contributed by atoms with Crippen LogP contribution in [0.1, 0.15) is 9.67 Å². The van der Waals surface area contributed by atoms with Crippen LogP contribution in [0.5, 0.6) is 0 Å². The Labute approximate surface area is 121 Å². The van der Waals surface area contributed by atoms with Crippen molar-refractivity contribution >= 4 is 62.1 Å². The number of anilines is 1. The van der Waals surface area contributed by atoms with Crippen LogP contribution in [0.25, 0.3) is 0 Å². The summed E-state index contributed by atoms with van der Waals surface area (Å²) in [4.78, 5) is 12.4. The van der Waals surface area contributed by atoms with Gasteiger partial charge in [0.25, 0.3) is 5.91 Å². The van der Waals surface area contributed by atoms with E-state index in [0.717, 1.165) is 0 Å². The Kier molecular flexibility index (Phi) is 4.09. The highest BCUT2D eigenvalue weighted by Gasteiger charge is 2.12. The Morgan fingerprint density at radius 1 is 1.24 bits per heavy atom. The second-order valence-corrected chi connectivity index (χ2v) is 5.71. The summed E-state index contributed by atoms with van der Waals surface area (Å²) in [5.41, 5.74) is 0.498. The van der Waals surface area contributed by atoms with Crippen LogP contribution in [0.2, 0.25) is 10.0 Å². The summed E-state index contributed by atoms with van der Waals surface area (Å²) in [7, 11) is 0. The number of halogens is 3. The predicted molar refractivity (Wildman–Crippen MR) is 76.4 cm³/mol. The molecule has 0 aliphatic carbocycles. The maximum absolute atomic E-state index is 11.8. The van der Waals surface area contributed by atoms with E-state index in [2.05, 4.69) is 21.2 Å². The molecule has 2 rings (SSSR count). The van der Waals surface area contributed by atoms with Crippen LogP contribution in [0.15, 0.2) is 34.1 Å². The van der Waals surface area contributed by atoms with Crippen molar-refractivity contribution in [3.63, 3.8) is 0 Å². The van der Waals surface area contributed by atoms with E-state index >= 15 is 0 Å². The van der Waals surface area contributed by atoms with Gasteiger partial charge in [0, 0.05) is 4.47 Å². The molecule has 6 heteroatoms. The van der Waals surface area contributed by atoms with Crippen molar-refractivity contribution in [2.45, 2.75) is 0 Å². The number of carbonyl (C=O) groups is 1. The van der Waals surface area contributed by atoms with Crippen molar-refractivity contribution in [3.05, 3.63) is 49.0 Å². The van der Waals surface area contributed by atoms with E-state index in [0.29, 0.717) is 25.1 Å². The topological polar surface area (TPSA) is 29.1 Å². The van der Waals surface area contributed by atoms with Crippen LogP contribution in [0, 0.1) is 0 Å². The molecule has 2 nitrogen and oxygen atoms in total. The summed E-state index contributed by atoms with van der Waals surface area (Å²) in [5.74, 6) is -0.194. The van der Waals surface area contributed by atoms with E-state index in [-0.39, 0.29) is 5.91 Å². The van der Waals surface area contributed by atoms with Gasteiger partial charge in [0.1, 0.15) is 0 Å². The molecule has 1 N–H and O–H groups in total. The van der Waals surface area contributed by atoms with Gasteiger partial charge in [0.2, 0.25) is 0 Å². The van der Waals surface area contributed by atoms with Crippen molar-refractivity contribution in [1.82, 2.24) is 0 Å². The first-order valence-corrected chi connectivity index (χ1v) is 7.01. The minimum atomic E-state index is -0.194. The molecule has 0 spiro atoms. The third kappa shape index (κ3) is 2.83. The van der Waals surface area contributed by atoms with Crippen LogP contribution in [-0.4, -0.2) is 5.91 Å². The van der Waals surface area contributed by atoms with Gasteiger partial charge >= 0.3 is 0 Å². The third-order valence-electron chi connectivity index (χ3n) is 2.03. The minimum Gasteiger partial charge on any atom is -0.320 e. The fourth-order valence-electron chi connectivity index (χ4n) is 1.21. The molecule has 1 amide bonds. The molecule has 0 aliphatic heterocycles. The molecular weight excluding hydrogens is 345 g/mol. The van der Waals surface area contributed by atoms with E-state index < -0.39 is 0 Å². The van der Waals surface area contributed by atoms with Gasteiger partial charge in [-0.25, -0.2) is 0 Å². The monoisotopic (exact) mass is 349 g/mol. The van der Waals surface area contributed by atoms with Crippen LogP contribution in [-0.2, 0) is 0 Å². The van der Waals surface area contributed by atoms with E-state index in [4.69, 9.17) is 23.2 Å². The molecular formula is C11H6BrCl2NOS. The molecule has 17 heavy (non-hydrogen) atoms. The van der Waals surface area contributed by atoms with Crippen LogP contribution < -0.4 is 5.32 Å². The van der Waals surface area contributed by atoms with E-state index in [9.17, 15) is 4.79 Å². The molecule has 1 heterocycles. The molecule has 0 bridgehead atoms. The van der Waals surface area contributed by atoms with Gasteiger partial charge in [-0.05, 0) is 39.5 Å². The Bertz CT molecular complexity index is 557. The van der Waals surface area contributed by atoms with Gasteiger partial charge in [0.15, 0.2) is 0 Å². The smallest absolute Gasteiger partial charge is 0.265 e. The highest BCUT2D eigenvalue weighted by molar-refractivity contribution is 9.10. The van der Waals surface area contributed by atoms with Crippen molar-refractivity contribution in [3.8, 4) is 0 Å². The van der Waals surface area contributed by atoms with Gasteiger partial charge in [-0.2, -0.15) is 0 Å². The van der Waals surface area contributed by atoms with Gasteiger partial charge in [-0.15, -0.1) is 11.3 Å². The molecule has 0 atom stereocenters. The average molecular weight is 351 g/mol. The summed E-state index contributed by atoms with van der Waals surface area (Å²) >= 11 is 16.6. The largest absolute Gasteiger partial charge is 0.320 e. The fraction of sp³-hybridized carbons (Fsp3) is 0. The zero-order valence-electron chi connectivity index (χ0n) is 8.34. The Morgan fingerprint density at radius 2 is 2.00 bits per heavy atom. The standard InChI is InChI=1S/C11H6BrCl2NOS/c12-6-3-4-7(10(14)9(6)13)15-11(16)8-2-1-5-17-8/h1-5H,(H,15,16). The maximum atomic E-state index is 11.8. The number of nitrogens with one attached hydrogen (secondary N) is 1. The lowest BCUT2D eigenvalue weighted by molar-refractivity contribution is 0.103. The van der Waals surface area contributed by atoms with Crippen molar-refractivity contribution in [1.29, 1.82) is 0 Å². The van der Waals surface area contributed by atoms with E-state index in [1.807, 2.05) is 11.4 Å². The summed E-state index contributed by atoms with van der Waals surface area (Å²) in [6, 6.07) is 6.99. The summed E-state index contributed by atoms with van der Waals surface area (Å²) in [6.07, 6.45) is 0. The van der Waals surface area contributed by atoms with Crippen molar-refractivity contribution < 1.29 is 4.79 Å². The van der Waals surface area contributed by atoms with Gasteiger partial charge < -0.3 is 5.32 Å². The van der Waals surface area contributed by atoms with E-state index in [1.54, 1.807) is 18.2 Å². The maximum Gasteiger partial charge on any atom is 0.265 e. The Morgan fingerprint density at radius 3 is 2.65 bits per heavy atom. The first-order valence-electron chi connectivity index (χ1n) is 4.58. The number of hydrogen-bond acceptors (Lipinski definition) is 2. The number of rotatable bonds is 2. The number of thiophene rings is 1. The third-order valence-corrected chi connectivity index (χ3v) is 4.67. The highest BCUT2D eigenvalue weighted by Crippen LogP contribution is 2.36. The fourth-order valence-corrected chi connectivity index (χ4v) is 2.65. The SMILES string of the molecule is O=C(Nc1ccc(Br)c(Cl)c1Cl)c1cccs1. The molecule has 0 aliphatic rings. The van der Waals surface area contributed by atoms with Gasteiger partial charge in [-0.3, -0.25) is 4.79 Å². The lowest BCUT2D eigenvalue weighted by Gasteiger charge is -2.08. The Balaban J connectivity index is 2.25. The zero-order chi connectivity index (χ0) is 12.4. The zero-order valence-corrected chi connectivity index (χ0v) is 12.3. The predicted octanol–water partition coefficient (Wildman–Crippen LogP) is 5.07. The second kappa shape index (κ2) is 5.40. The molecule has 1 aromatic heterocycles. The van der Waals surface area contributed by atoms with Gasteiger partial charge in [0.05, 0.1) is 20.6 Å². The number of amides is 1. The van der Waals surface area contributed by atoms with E-state index in [1.165, 1.54) is 11.3 Å². The summed E-state index contributed by atoms with van der Waals surface area (Å²) < 4.78 is 0.693. The number of carbonyl (C=O) groups excluding carboxylic acids is 1. The van der Waals surface area contributed by atoms with Crippen LogP contribution in [0.4, 0.5) is 5.69 Å². The van der Waals surface area contributed by atoms with Crippen LogP contribution in [0.3, 0.4) is 0 Å². The average Bonchev–Trinajstić information content (AvgIpc) is 2.83.